The highest BCUT2D eigenvalue weighted by Crippen LogP contribution is 2.36. The van der Waals surface area contributed by atoms with Crippen LogP contribution in [0.4, 0.5) is 8.78 Å². The molecule has 0 N–H and O–H groups in total. The van der Waals surface area contributed by atoms with E-state index < -0.39 is 22.1 Å². The van der Waals surface area contributed by atoms with Gasteiger partial charge in [-0.25, -0.2) is 26.2 Å². The number of benzene rings is 1. The molecule has 2 heterocycles. The van der Waals surface area contributed by atoms with E-state index >= 15 is 0 Å². The van der Waals surface area contributed by atoms with Crippen LogP contribution in [0.3, 0.4) is 0 Å². The van der Waals surface area contributed by atoms with E-state index in [1.807, 2.05) is 6.92 Å². The number of hydrogen-bond donors (Lipinski definition) is 0. The average Bonchev–Trinajstić information content (AvgIpc) is 2.81. The van der Waals surface area contributed by atoms with Gasteiger partial charge in [0, 0.05) is 16.1 Å². The van der Waals surface area contributed by atoms with E-state index in [4.69, 9.17) is 0 Å². The molecular weight excluding hydrogens is 517 g/mol. The third-order valence-corrected chi connectivity index (χ3v) is 6.76. The molecule has 0 saturated carbocycles. The van der Waals surface area contributed by atoms with E-state index in [0.29, 0.717) is 13.8 Å². The summed E-state index contributed by atoms with van der Waals surface area (Å²) in [5.41, 5.74) is 0.285. The largest absolute Gasteiger partial charge is 0.280 e. The van der Waals surface area contributed by atoms with Crippen LogP contribution in [0.2, 0.25) is 0 Å². The van der Waals surface area contributed by atoms with Crippen molar-refractivity contribution >= 4 is 59.6 Å². The Hall–Kier alpha value is -1.07. The molecule has 9 heteroatoms. The van der Waals surface area contributed by atoms with E-state index in [1.54, 1.807) is 40.8 Å². The molecule has 4 nitrogen and oxygen atoms in total. The quantitative estimate of drug-likeness (QED) is 0.457. The Kier molecular flexibility index (Phi) is 4.69. The number of halogens is 4. The number of aromatic nitrogens is 2. The molecule has 0 atom stereocenters. The maximum Gasteiger partial charge on any atom is 0.280 e. The van der Waals surface area contributed by atoms with Crippen LogP contribution < -0.4 is 0 Å². The Morgan fingerprint density at radius 3 is 2.46 bits per heavy atom. The fraction of sp³-hybridized carbons (Fsp3) is 0.133. The lowest BCUT2D eigenvalue weighted by Gasteiger charge is -2.11. The van der Waals surface area contributed by atoms with E-state index in [0.717, 1.165) is 5.56 Å². The molecule has 3 aromatic rings. The number of nitrogens with zero attached hydrogens (tertiary/aromatic N) is 2. The normalized spacial score (nSPS) is 12.2. The minimum Gasteiger partial charge on any atom is -0.236 e. The molecule has 0 aliphatic heterocycles. The first kappa shape index (κ1) is 17.7. The average molecular weight is 527 g/mol. The molecular formula is C15H10BrF2IN2O2S. The number of aryl methyl sites for hydroxylation is 1. The highest BCUT2D eigenvalue weighted by molar-refractivity contribution is 14.1. The fourth-order valence-electron chi connectivity index (χ4n) is 2.34. The number of pyridine rings is 1. The SMILES string of the molecule is Cc1ccc(S(=O)(=O)n2c(C(F)F)c(I)c3cc(Br)cnc32)cc1. The van der Waals surface area contributed by atoms with Crippen molar-refractivity contribution in [3.05, 3.63) is 55.8 Å². The third kappa shape index (κ3) is 2.86. The summed E-state index contributed by atoms with van der Waals surface area (Å²) in [4.78, 5) is 3.99. The molecule has 0 aliphatic rings. The van der Waals surface area contributed by atoms with Crippen LogP contribution in [0.25, 0.3) is 11.0 Å². The van der Waals surface area contributed by atoms with Crippen LogP contribution in [-0.4, -0.2) is 17.4 Å². The van der Waals surface area contributed by atoms with Gasteiger partial charge in [0.05, 0.1) is 8.47 Å². The van der Waals surface area contributed by atoms with Crippen molar-refractivity contribution in [2.75, 3.05) is 0 Å². The lowest BCUT2D eigenvalue weighted by atomic mass is 10.2. The zero-order valence-electron chi connectivity index (χ0n) is 12.2. The van der Waals surface area contributed by atoms with Crippen molar-refractivity contribution < 1.29 is 17.2 Å². The lowest BCUT2D eigenvalue weighted by Crippen LogP contribution is -2.17. The summed E-state index contributed by atoms with van der Waals surface area (Å²) in [5, 5.41) is 0.357. The highest BCUT2D eigenvalue weighted by atomic mass is 127. The van der Waals surface area contributed by atoms with E-state index in [2.05, 4.69) is 20.9 Å². The number of fused-ring (bicyclic) bond motifs is 1. The molecule has 24 heavy (non-hydrogen) atoms. The van der Waals surface area contributed by atoms with Gasteiger partial charge >= 0.3 is 0 Å². The second kappa shape index (κ2) is 6.34. The van der Waals surface area contributed by atoms with E-state index in [9.17, 15) is 17.2 Å². The van der Waals surface area contributed by atoms with Crippen LogP contribution in [0.1, 0.15) is 17.7 Å². The molecule has 1 aromatic carbocycles. The summed E-state index contributed by atoms with van der Waals surface area (Å²) < 4.78 is 54.5. The Bertz CT molecular complexity index is 1030. The molecule has 2 aromatic heterocycles. The van der Waals surface area contributed by atoms with Gasteiger partial charge in [0.15, 0.2) is 5.65 Å². The molecule has 126 valence electrons. The molecule has 0 amide bonds. The van der Waals surface area contributed by atoms with Crippen molar-refractivity contribution in [3.63, 3.8) is 0 Å². The van der Waals surface area contributed by atoms with Crippen molar-refractivity contribution in [2.24, 2.45) is 0 Å². The van der Waals surface area contributed by atoms with Crippen molar-refractivity contribution in [2.45, 2.75) is 18.2 Å². The molecule has 0 bridgehead atoms. The van der Waals surface area contributed by atoms with Gasteiger partial charge < -0.3 is 0 Å². The fourth-order valence-corrected chi connectivity index (χ4v) is 5.20. The monoisotopic (exact) mass is 526 g/mol. The summed E-state index contributed by atoms with van der Waals surface area (Å²) >= 11 is 4.96. The van der Waals surface area contributed by atoms with Crippen LogP contribution in [-0.2, 0) is 10.0 Å². The molecule has 0 fully saturated rings. The topological polar surface area (TPSA) is 52.0 Å². The van der Waals surface area contributed by atoms with Gasteiger partial charge in [-0.1, -0.05) is 17.7 Å². The Labute approximate surface area is 159 Å². The zero-order valence-corrected chi connectivity index (χ0v) is 16.7. The first-order chi connectivity index (χ1) is 11.2. The molecule has 0 saturated heterocycles. The van der Waals surface area contributed by atoms with E-state index in [1.165, 1.54) is 18.3 Å². The van der Waals surface area contributed by atoms with Gasteiger partial charge in [0.1, 0.15) is 5.69 Å². The van der Waals surface area contributed by atoms with Crippen LogP contribution >= 0.6 is 38.5 Å². The summed E-state index contributed by atoms with van der Waals surface area (Å²) in [5.74, 6) is 0. The summed E-state index contributed by atoms with van der Waals surface area (Å²) in [7, 11) is -4.20. The Morgan fingerprint density at radius 2 is 1.88 bits per heavy atom. The summed E-state index contributed by atoms with van der Waals surface area (Å²) in [6.07, 6.45) is -1.57. The molecule has 0 aliphatic carbocycles. The minimum atomic E-state index is -4.20. The summed E-state index contributed by atoms with van der Waals surface area (Å²) in [6.45, 7) is 1.81. The third-order valence-electron chi connectivity index (χ3n) is 3.47. The van der Waals surface area contributed by atoms with Crippen LogP contribution in [0.15, 0.2) is 45.9 Å². The van der Waals surface area contributed by atoms with Gasteiger partial charge in [0.2, 0.25) is 0 Å². The maximum absolute atomic E-state index is 13.6. The molecule has 0 spiro atoms. The Balaban J connectivity index is 2.40. The minimum absolute atomic E-state index is 0.0153. The summed E-state index contributed by atoms with van der Waals surface area (Å²) in [6, 6.07) is 7.62. The standard InChI is InChI=1S/C15H10BrF2IN2O2S/c1-8-2-4-10(5-3-8)24(22,23)21-13(14(17)18)12(19)11-6-9(16)7-20-15(11)21/h2-7,14H,1H3. The van der Waals surface area contributed by atoms with Gasteiger partial charge in [-0.2, -0.15) is 0 Å². The van der Waals surface area contributed by atoms with Crippen molar-refractivity contribution in [1.29, 1.82) is 0 Å². The molecule has 0 radical (unpaired) electrons. The Morgan fingerprint density at radius 1 is 1.25 bits per heavy atom. The second-order valence-corrected chi connectivity index (χ2v) is 8.89. The molecule has 0 unspecified atom stereocenters. The number of rotatable bonds is 3. The smallest absolute Gasteiger partial charge is 0.236 e. The number of alkyl halides is 2. The van der Waals surface area contributed by atoms with Gasteiger partial charge in [0.25, 0.3) is 16.4 Å². The van der Waals surface area contributed by atoms with Crippen LogP contribution in [0, 0.1) is 10.5 Å². The van der Waals surface area contributed by atoms with Gasteiger partial charge in [-0.05, 0) is 63.6 Å². The zero-order chi connectivity index (χ0) is 17.6. The van der Waals surface area contributed by atoms with Gasteiger partial charge in [-0.15, -0.1) is 0 Å². The number of hydrogen-bond acceptors (Lipinski definition) is 3. The maximum atomic E-state index is 13.6. The first-order valence-electron chi connectivity index (χ1n) is 6.69. The first-order valence-corrected chi connectivity index (χ1v) is 10.0. The van der Waals surface area contributed by atoms with Crippen LogP contribution in [0.5, 0.6) is 0 Å². The second-order valence-electron chi connectivity index (χ2n) is 5.11. The van der Waals surface area contributed by atoms with E-state index in [-0.39, 0.29) is 14.1 Å². The van der Waals surface area contributed by atoms with Crippen molar-refractivity contribution in [3.8, 4) is 0 Å². The lowest BCUT2D eigenvalue weighted by molar-refractivity contribution is 0.144. The highest BCUT2D eigenvalue weighted by Gasteiger charge is 2.31. The van der Waals surface area contributed by atoms with Crippen molar-refractivity contribution in [1.82, 2.24) is 8.96 Å². The predicted octanol–water partition coefficient (Wildman–Crippen LogP) is 4.89. The predicted molar refractivity (Wildman–Crippen MR) is 98.9 cm³/mol. The van der Waals surface area contributed by atoms with Gasteiger partial charge in [-0.3, -0.25) is 0 Å². The molecule has 3 rings (SSSR count).